The zero-order valence-corrected chi connectivity index (χ0v) is 13.9. The maximum atomic E-state index is 6.04. The first-order chi connectivity index (χ1) is 11.3. The van der Waals surface area contributed by atoms with E-state index < -0.39 is 18.3 Å². The molecule has 0 amide bonds. The van der Waals surface area contributed by atoms with Crippen molar-refractivity contribution in [2.24, 2.45) is 0 Å². The first-order valence-corrected chi connectivity index (χ1v) is 7.64. The molecule has 0 spiro atoms. The molecule has 1 fully saturated rings. The van der Waals surface area contributed by atoms with Crippen molar-refractivity contribution in [1.29, 1.82) is 0 Å². The summed E-state index contributed by atoms with van der Waals surface area (Å²) in [7, 11) is -0.484. The molecule has 0 aromatic carbocycles. The first-order valence-electron chi connectivity index (χ1n) is 7.64. The highest BCUT2D eigenvalue weighted by Crippen LogP contribution is 2.36. The average molecular weight is 327 g/mol. The summed E-state index contributed by atoms with van der Waals surface area (Å²) in [5, 5.41) is 11.9. The maximum Gasteiger partial charge on any atom is 0.498 e. The van der Waals surface area contributed by atoms with E-state index in [-0.39, 0.29) is 5.95 Å². The molecule has 4 rings (SSSR count). The van der Waals surface area contributed by atoms with E-state index in [1.807, 2.05) is 33.9 Å². The molecular formula is C14H18BN7O2. The van der Waals surface area contributed by atoms with Crippen molar-refractivity contribution in [3.8, 4) is 5.82 Å². The number of hydrogen-bond acceptors (Lipinski definition) is 7. The number of anilines is 1. The fourth-order valence-corrected chi connectivity index (χ4v) is 2.56. The Hall–Kier alpha value is -2.46. The van der Waals surface area contributed by atoms with Gasteiger partial charge in [0.15, 0.2) is 11.5 Å². The predicted octanol–water partition coefficient (Wildman–Crippen LogP) is 0.420. The Kier molecular flexibility index (Phi) is 3.00. The zero-order chi connectivity index (χ0) is 17.1. The molecule has 1 saturated heterocycles. The molecule has 124 valence electrons. The van der Waals surface area contributed by atoms with Gasteiger partial charge in [0.25, 0.3) is 0 Å². The van der Waals surface area contributed by atoms with Crippen LogP contribution in [-0.4, -0.2) is 48.3 Å². The summed E-state index contributed by atoms with van der Waals surface area (Å²) in [4.78, 5) is 8.37. The van der Waals surface area contributed by atoms with Gasteiger partial charge in [0.2, 0.25) is 5.95 Å². The minimum Gasteiger partial charge on any atom is -0.399 e. The number of rotatable bonds is 2. The lowest BCUT2D eigenvalue weighted by Gasteiger charge is -2.32. The predicted molar refractivity (Wildman–Crippen MR) is 88.9 cm³/mol. The lowest BCUT2D eigenvalue weighted by atomic mass is 9.82. The van der Waals surface area contributed by atoms with Crippen LogP contribution in [0, 0.1) is 0 Å². The van der Waals surface area contributed by atoms with E-state index in [0.29, 0.717) is 11.5 Å². The standard InChI is InChI=1S/C14H18BN7O2/c1-13(2)14(3,4)24-15(23-13)8-5-18-22(7-8)11-9-6-17-21-10(9)19-12(16)20-11/h5-7H,1-4H3,(H3,16,17,19,20,21). The maximum absolute atomic E-state index is 6.04. The van der Waals surface area contributed by atoms with Crippen LogP contribution in [-0.2, 0) is 9.31 Å². The van der Waals surface area contributed by atoms with Gasteiger partial charge in [-0.25, -0.2) is 4.68 Å². The van der Waals surface area contributed by atoms with Crippen molar-refractivity contribution in [2.45, 2.75) is 38.9 Å². The number of nitrogens with one attached hydrogen (secondary N) is 1. The number of nitrogens with zero attached hydrogens (tertiary/aromatic N) is 5. The SMILES string of the molecule is CC1(C)OB(c2cnn(-c3nc(N)nc4[nH]ncc34)c2)OC1(C)C. The van der Waals surface area contributed by atoms with Crippen molar-refractivity contribution in [2.75, 3.05) is 5.73 Å². The topological polar surface area (TPSA) is 117 Å². The Morgan fingerprint density at radius 2 is 1.83 bits per heavy atom. The molecule has 3 aromatic heterocycles. The van der Waals surface area contributed by atoms with Gasteiger partial charge in [0, 0.05) is 17.9 Å². The molecule has 0 unspecified atom stereocenters. The molecule has 1 aliphatic rings. The summed E-state index contributed by atoms with van der Waals surface area (Å²) in [6, 6.07) is 0. The molecule has 0 aliphatic carbocycles. The van der Waals surface area contributed by atoms with E-state index in [2.05, 4.69) is 25.3 Å². The lowest BCUT2D eigenvalue weighted by molar-refractivity contribution is 0.00578. The molecule has 0 bridgehead atoms. The summed E-state index contributed by atoms with van der Waals surface area (Å²) in [6.07, 6.45) is 5.16. The van der Waals surface area contributed by atoms with Gasteiger partial charge in [-0.1, -0.05) is 0 Å². The van der Waals surface area contributed by atoms with Crippen molar-refractivity contribution >= 4 is 29.6 Å². The van der Waals surface area contributed by atoms with Crippen LogP contribution in [0.3, 0.4) is 0 Å². The fraction of sp³-hybridized carbons (Fsp3) is 0.429. The monoisotopic (exact) mass is 327 g/mol. The van der Waals surface area contributed by atoms with E-state index in [1.165, 1.54) is 0 Å². The second kappa shape index (κ2) is 4.77. The summed E-state index contributed by atoms with van der Waals surface area (Å²) in [5.41, 5.74) is 6.32. The normalized spacial score (nSPS) is 19.2. The second-order valence-electron chi connectivity index (χ2n) is 6.84. The third-order valence-electron chi connectivity index (χ3n) is 4.65. The fourth-order valence-electron chi connectivity index (χ4n) is 2.56. The Morgan fingerprint density at radius 3 is 2.54 bits per heavy atom. The molecule has 0 saturated carbocycles. The van der Waals surface area contributed by atoms with Gasteiger partial charge >= 0.3 is 7.12 Å². The third-order valence-corrected chi connectivity index (χ3v) is 4.65. The Bertz CT molecular complexity index is 901. The van der Waals surface area contributed by atoms with Crippen molar-refractivity contribution in [1.82, 2.24) is 29.9 Å². The van der Waals surface area contributed by atoms with Crippen LogP contribution in [0.5, 0.6) is 0 Å². The number of aromatic amines is 1. The summed E-state index contributed by atoms with van der Waals surface area (Å²) in [5.74, 6) is 0.698. The molecule has 0 radical (unpaired) electrons. The molecule has 1 aliphatic heterocycles. The summed E-state index contributed by atoms with van der Waals surface area (Å²) < 4.78 is 13.7. The Morgan fingerprint density at radius 1 is 1.12 bits per heavy atom. The number of fused-ring (bicyclic) bond motifs is 1. The lowest BCUT2D eigenvalue weighted by Crippen LogP contribution is -2.41. The van der Waals surface area contributed by atoms with Gasteiger partial charge in [0.1, 0.15) is 0 Å². The number of H-pyrrole nitrogens is 1. The molecule has 4 heterocycles. The third kappa shape index (κ3) is 2.18. The van der Waals surface area contributed by atoms with E-state index in [0.717, 1.165) is 10.8 Å². The van der Waals surface area contributed by atoms with E-state index in [4.69, 9.17) is 15.0 Å². The van der Waals surface area contributed by atoms with Crippen LogP contribution in [0.1, 0.15) is 27.7 Å². The highest BCUT2D eigenvalue weighted by molar-refractivity contribution is 6.62. The van der Waals surface area contributed by atoms with Crippen LogP contribution in [0.4, 0.5) is 5.95 Å². The Labute approximate surface area is 138 Å². The van der Waals surface area contributed by atoms with Gasteiger partial charge in [-0.05, 0) is 27.7 Å². The molecule has 10 heteroatoms. The minimum atomic E-state index is -0.484. The minimum absolute atomic E-state index is 0.148. The molecule has 3 aromatic rings. The molecule has 3 N–H and O–H groups in total. The molecular weight excluding hydrogens is 309 g/mol. The zero-order valence-electron chi connectivity index (χ0n) is 13.9. The van der Waals surface area contributed by atoms with Crippen LogP contribution in [0.2, 0.25) is 0 Å². The average Bonchev–Trinajstić information content (AvgIpc) is 3.17. The number of nitrogens with two attached hydrogens (primary N) is 1. The highest BCUT2D eigenvalue weighted by Gasteiger charge is 2.52. The smallest absolute Gasteiger partial charge is 0.399 e. The van der Waals surface area contributed by atoms with Gasteiger partial charge < -0.3 is 15.0 Å². The van der Waals surface area contributed by atoms with E-state index in [9.17, 15) is 0 Å². The molecule has 9 nitrogen and oxygen atoms in total. The summed E-state index contributed by atoms with van der Waals surface area (Å²) in [6.45, 7) is 8.05. The van der Waals surface area contributed by atoms with Gasteiger partial charge in [-0.2, -0.15) is 20.2 Å². The van der Waals surface area contributed by atoms with Crippen molar-refractivity contribution in [3.63, 3.8) is 0 Å². The first kappa shape index (κ1) is 15.1. The van der Waals surface area contributed by atoms with Crippen LogP contribution < -0.4 is 11.2 Å². The van der Waals surface area contributed by atoms with Crippen LogP contribution >= 0.6 is 0 Å². The largest absolute Gasteiger partial charge is 0.498 e. The number of nitrogen functional groups attached to an aromatic ring is 1. The second-order valence-corrected chi connectivity index (χ2v) is 6.84. The quantitative estimate of drug-likeness (QED) is 0.655. The van der Waals surface area contributed by atoms with E-state index >= 15 is 0 Å². The van der Waals surface area contributed by atoms with Crippen molar-refractivity contribution in [3.05, 3.63) is 18.6 Å². The van der Waals surface area contributed by atoms with Gasteiger partial charge in [0.05, 0.1) is 22.8 Å². The molecule has 24 heavy (non-hydrogen) atoms. The van der Waals surface area contributed by atoms with Gasteiger partial charge in [-0.15, -0.1) is 0 Å². The Balaban J connectivity index is 1.72. The van der Waals surface area contributed by atoms with Crippen molar-refractivity contribution < 1.29 is 9.31 Å². The number of aromatic nitrogens is 6. The molecule has 0 atom stereocenters. The van der Waals surface area contributed by atoms with E-state index in [1.54, 1.807) is 17.1 Å². The number of hydrogen-bond donors (Lipinski definition) is 2. The van der Waals surface area contributed by atoms with Gasteiger partial charge in [-0.3, -0.25) is 5.10 Å². The highest BCUT2D eigenvalue weighted by atomic mass is 16.7. The summed E-state index contributed by atoms with van der Waals surface area (Å²) >= 11 is 0. The van der Waals surface area contributed by atoms with Crippen LogP contribution in [0.15, 0.2) is 18.6 Å². The van der Waals surface area contributed by atoms with Crippen LogP contribution in [0.25, 0.3) is 16.9 Å².